The number of hydrogen-bond donors (Lipinski definition) is 2. The number of aliphatic hydroxyl groups is 1. The fourth-order valence-corrected chi connectivity index (χ4v) is 3.49. The highest BCUT2D eigenvalue weighted by Crippen LogP contribution is 2.16. The predicted octanol–water partition coefficient (Wildman–Crippen LogP) is 6.38. The van der Waals surface area contributed by atoms with Gasteiger partial charge in [-0.25, -0.2) is 4.79 Å². The van der Waals surface area contributed by atoms with Crippen molar-refractivity contribution in [2.45, 2.75) is 103 Å². The zero-order valence-corrected chi connectivity index (χ0v) is 16.6. The molecule has 0 fully saturated rings. The molecule has 1 aromatic carbocycles. The lowest BCUT2D eigenvalue weighted by Crippen LogP contribution is -2.08. The molecule has 0 amide bonds. The largest absolute Gasteiger partial charge is 0.478 e. The number of unbranched alkanes of at least 4 members (excludes halogenated alkanes) is 9. The highest BCUT2D eigenvalue weighted by molar-refractivity contribution is 5.89. The van der Waals surface area contributed by atoms with Crippen LogP contribution in [0.2, 0.25) is 0 Å². The Morgan fingerprint density at radius 2 is 1.38 bits per heavy atom. The quantitative estimate of drug-likeness (QED) is 0.335. The zero-order valence-electron chi connectivity index (χ0n) is 16.6. The van der Waals surface area contributed by atoms with Crippen LogP contribution in [0.3, 0.4) is 0 Å². The Hall–Kier alpha value is -1.35. The van der Waals surface area contributed by atoms with Gasteiger partial charge in [-0.3, -0.25) is 0 Å². The summed E-state index contributed by atoms with van der Waals surface area (Å²) in [6.07, 6.45) is 16.1. The van der Waals surface area contributed by atoms with Crippen LogP contribution >= 0.6 is 0 Å². The monoisotopic (exact) mass is 362 g/mol. The fourth-order valence-electron chi connectivity index (χ4n) is 3.49. The van der Waals surface area contributed by atoms with Crippen molar-refractivity contribution in [2.24, 2.45) is 0 Å². The van der Waals surface area contributed by atoms with Gasteiger partial charge in [-0.05, 0) is 37.3 Å². The van der Waals surface area contributed by atoms with E-state index in [4.69, 9.17) is 0 Å². The maximum Gasteiger partial charge on any atom is 0.335 e. The van der Waals surface area contributed by atoms with Crippen LogP contribution in [-0.4, -0.2) is 22.3 Å². The van der Waals surface area contributed by atoms with Gasteiger partial charge in [0.05, 0.1) is 11.7 Å². The lowest BCUT2D eigenvalue weighted by molar-refractivity contribution is 0.0695. The number of benzene rings is 1. The predicted molar refractivity (Wildman–Crippen MR) is 109 cm³/mol. The lowest BCUT2D eigenvalue weighted by Gasteiger charge is -2.11. The van der Waals surface area contributed by atoms with Crippen LogP contribution in [0.1, 0.15) is 106 Å². The second-order valence-corrected chi connectivity index (χ2v) is 7.48. The van der Waals surface area contributed by atoms with Crippen molar-refractivity contribution in [1.29, 1.82) is 0 Å². The third-order valence-electron chi connectivity index (χ3n) is 5.12. The van der Waals surface area contributed by atoms with Crippen molar-refractivity contribution in [1.82, 2.24) is 0 Å². The van der Waals surface area contributed by atoms with Crippen molar-refractivity contribution in [3.63, 3.8) is 0 Å². The molecular weight excluding hydrogens is 324 g/mol. The summed E-state index contributed by atoms with van der Waals surface area (Å²) < 4.78 is 0. The van der Waals surface area contributed by atoms with Crippen molar-refractivity contribution in [2.75, 3.05) is 0 Å². The Kier molecular flexibility index (Phi) is 12.9. The first kappa shape index (κ1) is 22.7. The van der Waals surface area contributed by atoms with Crippen LogP contribution < -0.4 is 0 Å². The van der Waals surface area contributed by atoms with Gasteiger partial charge in [0.2, 0.25) is 0 Å². The van der Waals surface area contributed by atoms with E-state index in [0.29, 0.717) is 5.56 Å². The number of aryl methyl sites for hydroxylation is 1. The summed E-state index contributed by atoms with van der Waals surface area (Å²) in [5, 5.41) is 19.3. The van der Waals surface area contributed by atoms with Crippen molar-refractivity contribution in [3.8, 4) is 0 Å². The number of carbonyl (C=O) groups is 1. The Labute approximate surface area is 159 Å². The maximum atomic E-state index is 11.2. The Balaban J connectivity index is 2.01. The molecule has 0 bridgehead atoms. The SMILES string of the molecule is CCCCCCCCCCCCC(O)CCCc1ccccc1C(=O)O. The zero-order chi connectivity index (χ0) is 19.0. The van der Waals surface area contributed by atoms with E-state index in [1.54, 1.807) is 12.1 Å². The van der Waals surface area contributed by atoms with E-state index in [9.17, 15) is 15.0 Å². The van der Waals surface area contributed by atoms with Crippen LogP contribution in [0.5, 0.6) is 0 Å². The Bertz CT molecular complexity index is 484. The molecule has 1 unspecified atom stereocenters. The summed E-state index contributed by atoms with van der Waals surface area (Å²) in [6, 6.07) is 7.16. The number of aliphatic hydroxyl groups excluding tert-OH is 1. The molecule has 3 heteroatoms. The Morgan fingerprint density at radius 3 is 2.00 bits per heavy atom. The molecule has 0 spiro atoms. The van der Waals surface area contributed by atoms with E-state index in [1.165, 1.54) is 57.8 Å². The van der Waals surface area contributed by atoms with E-state index < -0.39 is 5.97 Å². The van der Waals surface area contributed by atoms with E-state index in [-0.39, 0.29) is 6.10 Å². The van der Waals surface area contributed by atoms with Gasteiger partial charge >= 0.3 is 5.97 Å². The van der Waals surface area contributed by atoms with E-state index in [1.807, 2.05) is 12.1 Å². The van der Waals surface area contributed by atoms with Crippen LogP contribution in [0.25, 0.3) is 0 Å². The first-order valence-corrected chi connectivity index (χ1v) is 10.6. The molecule has 2 N–H and O–H groups in total. The molecule has 0 aliphatic rings. The molecule has 1 rings (SSSR count). The number of rotatable bonds is 16. The average Bonchev–Trinajstić information content (AvgIpc) is 2.63. The summed E-state index contributed by atoms with van der Waals surface area (Å²) >= 11 is 0. The molecule has 0 heterocycles. The van der Waals surface area contributed by atoms with Gasteiger partial charge in [0.1, 0.15) is 0 Å². The molecule has 0 aliphatic heterocycles. The van der Waals surface area contributed by atoms with E-state index in [2.05, 4.69) is 6.92 Å². The minimum Gasteiger partial charge on any atom is -0.478 e. The molecule has 0 aliphatic carbocycles. The fraction of sp³-hybridized carbons (Fsp3) is 0.696. The molecule has 0 saturated carbocycles. The second kappa shape index (κ2) is 14.8. The normalized spacial score (nSPS) is 12.2. The number of hydrogen-bond acceptors (Lipinski definition) is 2. The molecule has 0 radical (unpaired) electrons. The minimum absolute atomic E-state index is 0.249. The lowest BCUT2D eigenvalue weighted by atomic mass is 9.99. The van der Waals surface area contributed by atoms with Gasteiger partial charge in [0.25, 0.3) is 0 Å². The van der Waals surface area contributed by atoms with Gasteiger partial charge in [-0.15, -0.1) is 0 Å². The summed E-state index contributed by atoms with van der Waals surface area (Å²) in [4.78, 5) is 11.2. The van der Waals surface area contributed by atoms with Crippen molar-refractivity contribution < 1.29 is 15.0 Å². The van der Waals surface area contributed by atoms with Crippen LogP contribution in [0.15, 0.2) is 24.3 Å². The third-order valence-corrected chi connectivity index (χ3v) is 5.12. The minimum atomic E-state index is -0.869. The first-order valence-electron chi connectivity index (χ1n) is 10.6. The molecule has 3 nitrogen and oxygen atoms in total. The molecule has 0 aromatic heterocycles. The highest BCUT2D eigenvalue weighted by atomic mass is 16.4. The first-order chi connectivity index (χ1) is 12.6. The van der Waals surface area contributed by atoms with Gasteiger partial charge < -0.3 is 10.2 Å². The highest BCUT2D eigenvalue weighted by Gasteiger charge is 2.10. The topological polar surface area (TPSA) is 57.5 Å². The smallest absolute Gasteiger partial charge is 0.335 e. The van der Waals surface area contributed by atoms with E-state index >= 15 is 0 Å². The maximum absolute atomic E-state index is 11.2. The van der Waals surface area contributed by atoms with Crippen molar-refractivity contribution in [3.05, 3.63) is 35.4 Å². The van der Waals surface area contributed by atoms with Gasteiger partial charge in [-0.1, -0.05) is 89.3 Å². The molecular formula is C23H38O3. The molecule has 1 atom stereocenters. The van der Waals surface area contributed by atoms with Crippen LogP contribution in [0.4, 0.5) is 0 Å². The number of aromatic carboxylic acids is 1. The summed E-state index contributed by atoms with van der Waals surface area (Å²) in [5.74, 6) is -0.869. The average molecular weight is 363 g/mol. The van der Waals surface area contributed by atoms with Crippen LogP contribution in [-0.2, 0) is 6.42 Å². The van der Waals surface area contributed by atoms with E-state index in [0.717, 1.165) is 37.7 Å². The Morgan fingerprint density at radius 1 is 0.846 bits per heavy atom. The third kappa shape index (κ3) is 10.6. The number of carboxylic acids is 1. The standard InChI is InChI=1S/C23H38O3/c1-2-3-4-5-6-7-8-9-10-11-17-21(24)18-14-16-20-15-12-13-19-22(20)23(25)26/h12-13,15,19,21,24H,2-11,14,16-18H2,1H3,(H,25,26). The summed E-state index contributed by atoms with van der Waals surface area (Å²) in [5.41, 5.74) is 1.25. The second-order valence-electron chi connectivity index (χ2n) is 7.48. The number of carboxylic acid groups (broad SMARTS) is 1. The molecule has 0 saturated heterocycles. The van der Waals surface area contributed by atoms with Crippen molar-refractivity contribution >= 4 is 5.97 Å². The molecule has 1 aromatic rings. The van der Waals surface area contributed by atoms with Gasteiger partial charge in [0.15, 0.2) is 0 Å². The van der Waals surface area contributed by atoms with Gasteiger partial charge in [-0.2, -0.15) is 0 Å². The van der Waals surface area contributed by atoms with Gasteiger partial charge in [0, 0.05) is 0 Å². The molecule has 26 heavy (non-hydrogen) atoms. The summed E-state index contributed by atoms with van der Waals surface area (Å²) in [7, 11) is 0. The summed E-state index contributed by atoms with van der Waals surface area (Å²) in [6.45, 7) is 2.25. The van der Waals surface area contributed by atoms with Crippen LogP contribution in [0, 0.1) is 0 Å². The molecule has 148 valence electrons.